The van der Waals surface area contributed by atoms with Crippen LogP contribution < -0.4 is 5.32 Å². The molecule has 10 aliphatic rings. The van der Waals surface area contributed by atoms with Gasteiger partial charge in [0.15, 0.2) is 37.1 Å². The van der Waals surface area contributed by atoms with Crippen molar-refractivity contribution in [3.8, 4) is 0 Å². The summed E-state index contributed by atoms with van der Waals surface area (Å²) in [6.45, 7) is 26.3. The van der Waals surface area contributed by atoms with Gasteiger partial charge in [-0.25, -0.2) is 4.79 Å². The standard InChI is InChI=1S/C68H103NO20/c1-15-16-42-17-18-43-25-35(6)58(88-54-30-66(13,78)62(40(11)83-54)69-41(12)70)33(4)23-31(2)45-20-19-44-56(67(45,14)63(75)55-64(76)68(43,29-42)89-65(55)77)32(3)24-34(5)59(44)85-53-28-49(84-50-22-21-46(71)36(7)79-50)61(39(10)82-53)87-52-27-48(73)60(38(9)81-52)86-51-26-47(72)57(74)37(8)80-51/h17-20,23,25,32-34,36-40,42-54,56-62,71-75,78H,15-16,21-22,24,26-30H2,1-14H3,(H,69,70). The molecule has 6 aliphatic heterocycles. The van der Waals surface area contributed by atoms with Crippen LogP contribution in [0.25, 0.3) is 0 Å². The highest BCUT2D eigenvalue weighted by molar-refractivity contribution is 6.26. The molecule has 4 aliphatic carbocycles. The fourth-order valence-corrected chi connectivity index (χ4v) is 17.3. The van der Waals surface area contributed by atoms with Crippen molar-refractivity contribution in [1.82, 2.24) is 5.32 Å². The third-order valence-electron chi connectivity index (χ3n) is 21.7. The molecule has 31 atom stereocenters. The molecule has 0 aromatic carbocycles. The largest absolute Gasteiger partial charge is 0.511 e. The van der Waals surface area contributed by atoms with Crippen LogP contribution in [0, 0.1) is 52.8 Å². The molecule has 1 amide bonds. The fourth-order valence-electron chi connectivity index (χ4n) is 17.3. The number of allylic oxidation sites excluding steroid dienone is 4. The molecule has 10 rings (SSSR count). The molecule has 7 N–H and O–H groups in total. The van der Waals surface area contributed by atoms with E-state index in [1.54, 1.807) is 34.6 Å². The van der Waals surface area contributed by atoms with Gasteiger partial charge in [0, 0.05) is 74.5 Å². The molecular weight excluding hydrogens is 1150 g/mol. The number of amides is 1. The highest BCUT2D eigenvalue weighted by Gasteiger charge is 2.64. The van der Waals surface area contributed by atoms with E-state index < -0.39 is 169 Å². The van der Waals surface area contributed by atoms with Gasteiger partial charge in [0.2, 0.25) is 11.7 Å². The van der Waals surface area contributed by atoms with Gasteiger partial charge in [-0.05, 0) is 104 Å². The lowest BCUT2D eigenvalue weighted by atomic mass is 9.49. The Morgan fingerprint density at radius 3 is 1.93 bits per heavy atom. The summed E-state index contributed by atoms with van der Waals surface area (Å²) in [6.07, 6.45) is 1.45. The molecule has 0 aromatic heterocycles. The van der Waals surface area contributed by atoms with E-state index in [4.69, 9.17) is 52.1 Å². The maximum absolute atomic E-state index is 15.8. The van der Waals surface area contributed by atoms with E-state index in [2.05, 4.69) is 57.3 Å². The summed E-state index contributed by atoms with van der Waals surface area (Å²) >= 11 is 0. The predicted molar refractivity (Wildman–Crippen MR) is 322 cm³/mol. The number of ether oxygens (including phenoxy) is 11. The molecule has 1 spiro atoms. The first-order valence-electron chi connectivity index (χ1n) is 33.2. The third kappa shape index (κ3) is 13.6. The van der Waals surface area contributed by atoms with E-state index in [9.17, 15) is 40.2 Å². The van der Waals surface area contributed by atoms with E-state index in [1.807, 2.05) is 39.8 Å². The molecule has 1 saturated carbocycles. The van der Waals surface area contributed by atoms with Crippen LogP contribution >= 0.6 is 0 Å². The molecule has 7 fully saturated rings. The number of Topliss-reactive ketones (excluding diaryl/α,β-unsaturated/α-hetero) is 1. The summed E-state index contributed by atoms with van der Waals surface area (Å²) in [6, 6.07) is -0.687. The van der Waals surface area contributed by atoms with Crippen molar-refractivity contribution in [3.63, 3.8) is 0 Å². The second-order valence-electron chi connectivity index (χ2n) is 28.7. The lowest BCUT2D eigenvalue weighted by Crippen LogP contribution is -2.62. The number of aliphatic hydroxyl groups excluding tert-OH is 5. The number of nitrogens with one attached hydrogen (secondary N) is 1. The average Bonchev–Trinajstić information content (AvgIpc) is 1.70. The van der Waals surface area contributed by atoms with Crippen molar-refractivity contribution in [3.05, 3.63) is 58.9 Å². The first-order chi connectivity index (χ1) is 41.9. The fraction of sp³-hybridized carbons (Fsp3) is 0.809. The van der Waals surface area contributed by atoms with Gasteiger partial charge in [0.05, 0.1) is 78.8 Å². The Morgan fingerprint density at radius 2 is 1.28 bits per heavy atom. The predicted octanol–water partition coefficient (Wildman–Crippen LogP) is 6.99. The minimum atomic E-state index is -1.66. The molecule has 6 saturated heterocycles. The van der Waals surface area contributed by atoms with E-state index in [1.165, 1.54) is 6.92 Å². The lowest BCUT2D eigenvalue weighted by molar-refractivity contribution is -0.351. The zero-order chi connectivity index (χ0) is 64.5. The van der Waals surface area contributed by atoms with Crippen molar-refractivity contribution in [2.45, 2.75) is 295 Å². The molecule has 0 aromatic rings. The van der Waals surface area contributed by atoms with Crippen LogP contribution in [-0.2, 0) is 66.5 Å². The molecule has 21 nitrogen and oxygen atoms in total. The van der Waals surface area contributed by atoms with Gasteiger partial charge < -0.3 is 88.1 Å². The van der Waals surface area contributed by atoms with Crippen molar-refractivity contribution < 1.29 is 97.1 Å². The topological polar surface area (TPSA) is 286 Å². The Morgan fingerprint density at radius 1 is 0.652 bits per heavy atom. The number of carbonyl (C=O) groups is 3. The second-order valence-corrected chi connectivity index (χ2v) is 28.7. The van der Waals surface area contributed by atoms with Crippen molar-refractivity contribution in [2.24, 2.45) is 52.8 Å². The molecular formula is C68H103NO20. The number of ketones is 1. The minimum absolute atomic E-state index is 0.0209. The lowest BCUT2D eigenvalue weighted by Gasteiger charge is -2.57. The number of hydrogen-bond donors (Lipinski definition) is 7. The smallest absolute Gasteiger partial charge is 0.346 e. The molecule has 0 radical (unpaired) electrons. The number of fused-ring (bicyclic) bond motifs is 4. The van der Waals surface area contributed by atoms with Crippen molar-refractivity contribution in [2.75, 3.05) is 0 Å². The molecule has 2 bridgehead atoms. The van der Waals surface area contributed by atoms with Gasteiger partial charge in [-0.1, -0.05) is 83.1 Å². The van der Waals surface area contributed by atoms with Crippen LogP contribution in [-0.4, -0.2) is 182 Å². The van der Waals surface area contributed by atoms with E-state index in [0.717, 1.165) is 24.0 Å². The minimum Gasteiger partial charge on any atom is -0.511 e. The van der Waals surface area contributed by atoms with Gasteiger partial charge in [-0.2, -0.15) is 0 Å². The number of rotatable bonds is 13. The average molecular weight is 1250 g/mol. The monoisotopic (exact) mass is 1250 g/mol. The molecule has 21 heteroatoms. The third-order valence-corrected chi connectivity index (χ3v) is 21.7. The van der Waals surface area contributed by atoms with Crippen LogP contribution in [0.5, 0.6) is 0 Å². The number of esters is 1. The van der Waals surface area contributed by atoms with Crippen molar-refractivity contribution >= 4 is 17.7 Å². The summed E-state index contributed by atoms with van der Waals surface area (Å²) in [7, 11) is 0. The van der Waals surface area contributed by atoms with Gasteiger partial charge in [-0.3, -0.25) is 9.59 Å². The van der Waals surface area contributed by atoms with Gasteiger partial charge in [-0.15, -0.1) is 0 Å². The van der Waals surface area contributed by atoms with E-state index in [0.29, 0.717) is 19.3 Å². The quantitative estimate of drug-likeness (QED) is 0.0556. The number of aliphatic hydroxyl groups is 6. The summed E-state index contributed by atoms with van der Waals surface area (Å²) in [5.74, 6) is -4.60. The Kier molecular flexibility index (Phi) is 20.8. The highest BCUT2D eigenvalue weighted by Crippen LogP contribution is 2.61. The van der Waals surface area contributed by atoms with E-state index >= 15 is 4.79 Å². The van der Waals surface area contributed by atoms with Crippen LogP contribution in [0.2, 0.25) is 0 Å². The Balaban J connectivity index is 0.961. The van der Waals surface area contributed by atoms with Crippen molar-refractivity contribution in [1.29, 1.82) is 0 Å². The van der Waals surface area contributed by atoms with Crippen LogP contribution in [0.1, 0.15) is 161 Å². The molecule has 500 valence electrons. The van der Waals surface area contributed by atoms with Gasteiger partial charge >= 0.3 is 5.97 Å². The Hall–Kier alpha value is -3.49. The first kappa shape index (κ1) is 68.4. The van der Waals surface area contributed by atoms with E-state index in [-0.39, 0.29) is 78.9 Å². The SMILES string of the molecule is CCCC1C=CC2C=C(C)C(OC3CC(C)(O)C(NC(C)=O)C(C)O3)C(C)C=C(C)C3C=CC4C(OC5CC(OC6CCC(O)C(C)O6)C(OC6CC(O)C(OC7CC(O)C(O)C(C)O7)C(C)O6)C(C)O5)C(C)CC(C)C4C3(C)C(O)=C3C(=O)OC2(C1)C3=O. The normalized spacial score (nSPS) is 49.6. The number of hydrogen-bond acceptors (Lipinski definition) is 20. The molecule has 31 unspecified atom stereocenters. The van der Waals surface area contributed by atoms with Crippen LogP contribution in [0.4, 0.5) is 0 Å². The summed E-state index contributed by atoms with van der Waals surface area (Å²) in [4.78, 5) is 42.9. The second kappa shape index (κ2) is 27.1. The Labute approximate surface area is 525 Å². The summed E-state index contributed by atoms with van der Waals surface area (Å²) < 4.78 is 72.3. The zero-order valence-corrected chi connectivity index (χ0v) is 54.6. The summed E-state index contributed by atoms with van der Waals surface area (Å²) in [5, 5.41) is 71.0. The Bertz CT molecular complexity index is 2690. The first-order valence-corrected chi connectivity index (χ1v) is 33.2. The zero-order valence-electron chi connectivity index (χ0n) is 54.6. The number of carbonyl (C=O) groups excluding carboxylic acids is 3. The molecule has 89 heavy (non-hydrogen) atoms. The maximum Gasteiger partial charge on any atom is 0.346 e. The van der Waals surface area contributed by atoms with Crippen LogP contribution in [0.15, 0.2) is 58.9 Å². The highest BCUT2D eigenvalue weighted by atomic mass is 16.8. The maximum atomic E-state index is 15.8. The van der Waals surface area contributed by atoms with Gasteiger partial charge in [0.25, 0.3) is 0 Å². The van der Waals surface area contributed by atoms with Crippen LogP contribution in [0.3, 0.4) is 0 Å². The molecule has 6 heterocycles. The summed E-state index contributed by atoms with van der Waals surface area (Å²) in [5.41, 5.74) is -3.02. The van der Waals surface area contributed by atoms with Gasteiger partial charge in [0.1, 0.15) is 29.6 Å².